The molecule has 0 radical (unpaired) electrons. The Labute approximate surface area is 107 Å². The van der Waals surface area contributed by atoms with Gasteiger partial charge in [0.15, 0.2) is 0 Å². The molecule has 0 unspecified atom stereocenters. The number of aliphatic hydroxyl groups is 1. The second-order valence-electron chi connectivity index (χ2n) is 4.26. The number of nitrogens with one attached hydrogen (secondary N) is 1. The molecule has 1 aromatic carbocycles. The lowest BCUT2D eigenvalue weighted by atomic mass is 10.1. The summed E-state index contributed by atoms with van der Waals surface area (Å²) in [6.07, 6.45) is -0.446. The zero-order chi connectivity index (χ0) is 12.8. The quantitative estimate of drug-likeness (QED) is 0.792. The summed E-state index contributed by atoms with van der Waals surface area (Å²) in [5.41, 5.74) is 0.890. The van der Waals surface area contributed by atoms with E-state index >= 15 is 0 Å². The number of carbonyl (C=O) groups excluding carboxylic acids is 1. The van der Waals surface area contributed by atoms with Gasteiger partial charge in [0.1, 0.15) is 0 Å². The van der Waals surface area contributed by atoms with Crippen LogP contribution in [0.2, 0.25) is 0 Å². The fourth-order valence-corrected chi connectivity index (χ4v) is 2.06. The smallest absolute Gasteiger partial charge is 0.230 e. The van der Waals surface area contributed by atoms with Crippen molar-refractivity contribution in [3.63, 3.8) is 0 Å². The molecule has 17 heavy (non-hydrogen) atoms. The lowest BCUT2D eigenvalue weighted by molar-refractivity contribution is -0.119. The zero-order valence-corrected chi connectivity index (χ0v) is 11.3. The molecular formula is C13H19NO2S. The lowest BCUT2D eigenvalue weighted by Crippen LogP contribution is -2.31. The van der Waals surface area contributed by atoms with Crippen molar-refractivity contribution in [2.45, 2.75) is 37.8 Å². The predicted octanol–water partition coefficient (Wildman–Crippen LogP) is 2.36. The van der Waals surface area contributed by atoms with Crippen LogP contribution in [0.15, 0.2) is 29.2 Å². The summed E-state index contributed by atoms with van der Waals surface area (Å²) in [7, 11) is 0. The molecule has 1 amide bonds. The van der Waals surface area contributed by atoms with E-state index in [0.717, 1.165) is 10.5 Å². The molecule has 0 aliphatic rings. The molecule has 0 spiro atoms. The normalized spacial score (nSPS) is 12.5. The van der Waals surface area contributed by atoms with Crippen molar-refractivity contribution in [1.82, 2.24) is 5.32 Å². The molecule has 1 aromatic rings. The van der Waals surface area contributed by atoms with Crippen LogP contribution in [0, 0.1) is 0 Å². The predicted molar refractivity (Wildman–Crippen MR) is 71.1 cm³/mol. The van der Waals surface area contributed by atoms with Crippen LogP contribution in [0.25, 0.3) is 0 Å². The van der Waals surface area contributed by atoms with Crippen molar-refractivity contribution < 1.29 is 9.90 Å². The Morgan fingerprint density at radius 3 is 2.35 bits per heavy atom. The maximum atomic E-state index is 11.4. The Balaban J connectivity index is 2.44. The Kier molecular flexibility index (Phi) is 5.51. The van der Waals surface area contributed by atoms with Crippen molar-refractivity contribution in [1.29, 1.82) is 0 Å². The summed E-state index contributed by atoms with van der Waals surface area (Å²) in [6, 6.07) is 7.80. The molecule has 0 aliphatic heterocycles. The van der Waals surface area contributed by atoms with Crippen LogP contribution in [-0.4, -0.2) is 22.8 Å². The van der Waals surface area contributed by atoms with Gasteiger partial charge in [-0.1, -0.05) is 12.1 Å². The largest absolute Gasteiger partial charge is 0.389 e. The number of hydrogen-bond acceptors (Lipinski definition) is 3. The van der Waals surface area contributed by atoms with E-state index in [1.807, 2.05) is 38.1 Å². The van der Waals surface area contributed by atoms with Crippen molar-refractivity contribution in [3.8, 4) is 0 Å². The van der Waals surface area contributed by atoms with Crippen LogP contribution in [0.1, 0.15) is 32.4 Å². The second-order valence-corrected chi connectivity index (χ2v) is 5.30. The number of amides is 1. The first-order chi connectivity index (χ1) is 7.99. The summed E-state index contributed by atoms with van der Waals surface area (Å²) < 4.78 is 0. The molecule has 2 N–H and O–H groups in total. The van der Waals surface area contributed by atoms with Gasteiger partial charge in [-0.25, -0.2) is 0 Å². The van der Waals surface area contributed by atoms with E-state index < -0.39 is 6.10 Å². The van der Waals surface area contributed by atoms with Gasteiger partial charge < -0.3 is 10.4 Å². The molecule has 1 rings (SSSR count). The van der Waals surface area contributed by atoms with E-state index in [1.165, 1.54) is 11.8 Å². The van der Waals surface area contributed by atoms with Crippen LogP contribution in [0.5, 0.6) is 0 Å². The molecular weight excluding hydrogens is 234 g/mol. The highest BCUT2D eigenvalue weighted by molar-refractivity contribution is 8.00. The number of aliphatic hydroxyl groups excluding tert-OH is 1. The first-order valence-electron chi connectivity index (χ1n) is 5.69. The third-order valence-electron chi connectivity index (χ3n) is 2.18. The van der Waals surface area contributed by atoms with Crippen molar-refractivity contribution in [2.75, 3.05) is 5.75 Å². The molecule has 3 nitrogen and oxygen atoms in total. The average Bonchev–Trinajstić information content (AvgIpc) is 2.26. The van der Waals surface area contributed by atoms with Gasteiger partial charge in [-0.2, -0.15) is 0 Å². The van der Waals surface area contributed by atoms with Crippen LogP contribution in [0.3, 0.4) is 0 Å². The maximum absolute atomic E-state index is 11.4. The van der Waals surface area contributed by atoms with Crippen molar-refractivity contribution in [3.05, 3.63) is 29.8 Å². The first-order valence-corrected chi connectivity index (χ1v) is 6.68. The summed E-state index contributed by atoms with van der Waals surface area (Å²) in [4.78, 5) is 12.5. The summed E-state index contributed by atoms with van der Waals surface area (Å²) in [5.74, 6) is 0.469. The molecule has 0 fully saturated rings. The third kappa shape index (κ3) is 5.24. The highest BCUT2D eigenvalue weighted by Crippen LogP contribution is 2.20. The number of carbonyl (C=O) groups is 1. The fraction of sp³-hybridized carbons (Fsp3) is 0.462. The second kappa shape index (κ2) is 6.67. The van der Waals surface area contributed by atoms with E-state index in [1.54, 1.807) is 6.92 Å². The minimum atomic E-state index is -0.446. The number of benzene rings is 1. The number of rotatable bonds is 5. The van der Waals surface area contributed by atoms with E-state index in [-0.39, 0.29) is 11.9 Å². The molecule has 1 atom stereocenters. The van der Waals surface area contributed by atoms with Gasteiger partial charge in [0.05, 0.1) is 11.9 Å². The Hall–Kier alpha value is -1.00. The summed E-state index contributed by atoms with van der Waals surface area (Å²) in [6.45, 7) is 5.62. The van der Waals surface area contributed by atoms with Crippen LogP contribution in [0.4, 0.5) is 0 Å². The summed E-state index contributed by atoms with van der Waals surface area (Å²) in [5, 5.41) is 12.2. The standard InChI is InChI=1S/C13H19NO2S/c1-9(2)14-13(16)8-17-12-6-4-11(5-7-12)10(3)15/h4-7,9-10,15H,8H2,1-3H3,(H,14,16)/t10-/m0/s1. The highest BCUT2D eigenvalue weighted by atomic mass is 32.2. The monoisotopic (exact) mass is 253 g/mol. The third-order valence-corrected chi connectivity index (χ3v) is 3.19. The number of hydrogen-bond donors (Lipinski definition) is 2. The van der Waals surface area contributed by atoms with E-state index in [2.05, 4.69) is 5.32 Å². The topological polar surface area (TPSA) is 49.3 Å². The van der Waals surface area contributed by atoms with Gasteiger partial charge in [-0.15, -0.1) is 11.8 Å². The van der Waals surface area contributed by atoms with Gasteiger partial charge in [0.25, 0.3) is 0 Å². The van der Waals surface area contributed by atoms with Crippen molar-refractivity contribution in [2.24, 2.45) is 0 Å². The van der Waals surface area contributed by atoms with Gasteiger partial charge >= 0.3 is 0 Å². The summed E-state index contributed by atoms with van der Waals surface area (Å²) >= 11 is 1.50. The van der Waals surface area contributed by atoms with Gasteiger partial charge in [-0.05, 0) is 38.5 Å². The average molecular weight is 253 g/mol. The van der Waals surface area contributed by atoms with E-state index in [9.17, 15) is 9.90 Å². The first kappa shape index (κ1) is 14.1. The molecule has 0 saturated heterocycles. The van der Waals surface area contributed by atoms with Crippen LogP contribution >= 0.6 is 11.8 Å². The maximum Gasteiger partial charge on any atom is 0.230 e. The minimum absolute atomic E-state index is 0.0459. The Morgan fingerprint density at radius 2 is 1.88 bits per heavy atom. The van der Waals surface area contributed by atoms with Crippen molar-refractivity contribution >= 4 is 17.7 Å². The van der Waals surface area contributed by atoms with Gasteiger partial charge in [0.2, 0.25) is 5.91 Å². The molecule has 0 aromatic heterocycles. The van der Waals surface area contributed by atoms with E-state index in [0.29, 0.717) is 5.75 Å². The molecule has 0 bridgehead atoms. The SMILES string of the molecule is CC(C)NC(=O)CSc1ccc([C@H](C)O)cc1. The van der Waals surface area contributed by atoms with Crippen LogP contribution in [-0.2, 0) is 4.79 Å². The molecule has 0 heterocycles. The fourth-order valence-electron chi connectivity index (χ4n) is 1.36. The molecule has 0 aliphatic carbocycles. The number of thioether (sulfide) groups is 1. The zero-order valence-electron chi connectivity index (χ0n) is 10.4. The van der Waals surface area contributed by atoms with Crippen LogP contribution < -0.4 is 5.32 Å². The van der Waals surface area contributed by atoms with Gasteiger partial charge in [0, 0.05) is 10.9 Å². The Bertz CT molecular complexity index is 360. The molecule has 0 saturated carbocycles. The molecule has 94 valence electrons. The molecule has 4 heteroatoms. The van der Waals surface area contributed by atoms with E-state index in [4.69, 9.17) is 0 Å². The lowest BCUT2D eigenvalue weighted by Gasteiger charge is -2.08. The minimum Gasteiger partial charge on any atom is -0.389 e. The Morgan fingerprint density at radius 1 is 1.29 bits per heavy atom. The van der Waals surface area contributed by atoms with Gasteiger partial charge in [-0.3, -0.25) is 4.79 Å². The highest BCUT2D eigenvalue weighted by Gasteiger charge is 2.05.